The van der Waals surface area contributed by atoms with Gasteiger partial charge in [0.1, 0.15) is 0 Å². The van der Waals surface area contributed by atoms with Gasteiger partial charge in [0, 0.05) is 5.56 Å². The minimum atomic E-state index is 0.487. The summed E-state index contributed by atoms with van der Waals surface area (Å²) in [7, 11) is 0. The Morgan fingerprint density at radius 2 is 1.50 bits per heavy atom. The summed E-state index contributed by atoms with van der Waals surface area (Å²) in [6.07, 6.45) is 0. The van der Waals surface area contributed by atoms with E-state index in [1.54, 1.807) is 12.1 Å². The smallest absolute Gasteiger partial charge is 0.0998 e. The molecule has 0 bridgehead atoms. The van der Waals surface area contributed by atoms with Crippen molar-refractivity contribution in [1.29, 1.82) is 5.26 Å². The van der Waals surface area contributed by atoms with Crippen LogP contribution in [0.2, 0.25) is 10.0 Å². The lowest BCUT2D eigenvalue weighted by Crippen LogP contribution is -1.86. The number of nitriles is 1. The first-order valence-corrected chi connectivity index (χ1v) is 6.83. The summed E-state index contributed by atoms with van der Waals surface area (Å²) >= 11 is 12.0. The minimum absolute atomic E-state index is 0.487. The number of hydrogen-bond donors (Lipinski definition) is 0. The van der Waals surface area contributed by atoms with Crippen LogP contribution in [0.1, 0.15) is 5.56 Å². The average Bonchev–Trinajstić information content (AvgIpc) is 2.48. The van der Waals surface area contributed by atoms with Gasteiger partial charge >= 0.3 is 0 Å². The van der Waals surface area contributed by atoms with Crippen molar-refractivity contribution in [3.63, 3.8) is 0 Å². The summed E-state index contributed by atoms with van der Waals surface area (Å²) in [5.41, 5.74) is 2.38. The van der Waals surface area contributed by atoms with Gasteiger partial charge in [-0.15, -0.1) is 0 Å². The van der Waals surface area contributed by atoms with E-state index in [0.717, 1.165) is 21.9 Å². The quantitative estimate of drug-likeness (QED) is 0.566. The normalized spacial score (nSPS) is 10.4. The van der Waals surface area contributed by atoms with Crippen molar-refractivity contribution in [3.05, 3.63) is 70.2 Å². The van der Waals surface area contributed by atoms with Crippen molar-refractivity contribution in [2.24, 2.45) is 0 Å². The van der Waals surface area contributed by atoms with Crippen LogP contribution < -0.4 is 0 Å². The molecule has 0 saturated carbocycles. The van der Waals surface area contributed by atoms with Crippen LogP contribution >= 0.6 is 23.2 Å². The number of benzene rings is 3. The maximum Gasteiger partial charge on any atom is 0.0998 e. The molecule has 3 aromatic carbocycles. The van der Waals surface area contributed by atoms with Gasteiger partial charge in [0.2, 0.25) is 0 Å². The fourth-order valence-electron chi connectivity index (χ4n) is 2.24. The molecule has 0 N–H and O–H groups in total. The van der Waals surface area contributed by atoms with Crippen molar-refractivity contribution >= 4 is 34.0 Å². The molecule has 0 saturated heterocycles. The Hall–Kier alpha value is -2.01. The largest absolute Gasteiger partial charge is 0.192 e. The summed E-state index contributed by atoms with van der Waals surface area (Å²) in [4.78, 5) is 0. The molecule has 0 aromatic heterocycles. The van der Waals surface area contributed by atoms with Gasteiger partial charge < -0.3 is 0 Å². The predicted molar refractivity (Wildman–Crippen MR) is 84.1 cm³/mol. The standard InChI is InChI=1S/C17H9Cl2N/c18-16-6-5-13(9-17(16)19)15-8-12-4-2-1-3-11(12)7-14(15)10-20/h1-9H. The van der Waals surface area contributed by atoms with Gasteiger partial charge in [-0.2, -0.15) is 5.26 Å². The topological polar surface area (TPSA) is 23.8 Å². The molecule has 3 rings (SSSR count). The summed E-state index contributed by atoms with van der Waals surface area (Å²) in [5, 5.41) is 12.5. The number of fused-ring (bicyclic) bond motifs is 1. The van der Waals surface area contributed by atoms with Crippen LogP contribution in [0.4, 0.5) is 0 Å². The van der Waals surface area contributed by atoms with Gasteiger partial charge in [-0.1, -0.05) is 53.5 Å². The average molecular weight is 298 g/mol. The second-order valence-corrected chi connectivity index (χ2v) is 5.30. The number of nitrogens with zero attached hydrogens (tertiary/aromatic N) is 1. The van der Waals surface area contributed by atoms with Crippen LogP contribution in [0, 0.1) is 11.3 Å². The lowest BCUT2D eigenvalue weighted by atomic mass is 9.96. The first-order chi connectivity index (χ1) is 9.69. The van der Waals surface area contributed by atoms with Crippen molar-refractivity contribution in [3.8, 4) is 17.2 Å². The second-order valence-electron chi connectivity index (χ2n) is 4.49. The van der Waals surface area contributed by atoms with E-state index in [1.807, 2.05) is 42.5 Å². The summed E-state index contributed by atoms with van der Waals surface area (Å²) < 4.78 is 0. The second kappa shape index (κ2) is 5.17. The van der Waals surface area contributed by atoms with Crippen LogP contribution in [-0.4, -0.2) is 0 Å². The SMILES string of the molecule is N#Cc1cc2ccccc2cc1-c1ccc(Cl)c(Cl)c1. The van der Waals surface area contributed by atoms with E-state index in [9.17, 15) is 5.26 Å². The zero-order chi connectivity index (χ0) is 14.1. The lowest BCUT2D eigenvalue weighted by Gasteiger charge is -2.08. The Kier molecular flexibility index (Phi) is 3.36. The maximum atomic E-state index is 9.35. The summed E-state index contributed by atoms with van der Waals surface area (Å²) in [6, 6.07) is 19.5. The fourth-order valence-corrected chi connectivity index (χ4v) is 2.53. The van der Waals surface area contributed by atoms with Crippen molar-refractivity contribution < 1.29 is 0 Å². The Bertz CT molecular complexity index is 847. The van der Waals surface area contributed by atoms with Crippen molar-refractivity contribution in [1.82, 2.24) is 0 Å². The van der Waals surface area contributed by atoms with Crippen molar-refractivity contribution in [2.75, 3.05) is 0 Å². The highest BCUT2D eigenvalue weighted by molar-refractivity contribution is 6.42. The monoisotopic (exact) mass is 297 g/mol. The summed E-state index contributed by atoms with van der Waals surface area (Å²) in [6.45, 7) is 0. The molecule has 3 heteroatoms. The number of halogens is 2. The molecule has 0 aliphatic carbocycles. The molecule has 0 aliphatic rings. The van der Waals surface area contributed by atoms with Crippen LogP contribution in [0.25, 0.3) is 21.9 Å². The molecule has 0 heterocycles. The zero-order valence-electron chi connectivity index (χ0n) is 10.4. The highest BCUT2D eigenvalue weighted by Gasteiger charge is 2.08. The zero-order valence-corrected chi connectivity index (χ0v) is 11.9. The van der Waals surface area contributed by atoms with Crippen LogP contribution in [-0.2, 0) is 0 Å². The van der Waals surface area contributed by atoms with E-state index < -0.39 is 0 Å². The molecule has 1 nitrogen and oxygen atoms in total. The molecule has 0 radical (unpaired) electrons. The molecule has 96 valence electrons. The molecule has 0 atom stereocenters. The van der Waals surface area contributed by atoms with E-state index >= 15 is 0 Å². The molecular weight excluding hydrogens is 289 g/mol. The van der Waals surface area contributed by atoms with E-state index in [4.69, 9.17) is 23.2 Å². The van der Waals surface area contributed by atoms with Gasteiger partial charge in [0.05, 0.1) is 21.7 Å². The Labute approximate surface area is 127 Å². The highest BCUT2D eigenvalue weighted by atomic mass is 35.5. The maximum absolute atomic E-state index is 9.35. The van der Waals surface area contributed by atoms with E-state index in [2.05, 4.69) is 6.07 Å². The van der Waals surface area contributed by atoms with Gasteiger partial charge in [-0.25, -0.2) is 0 Å². The Morgan fingerprint density at radius 3 is 2.15 bits per heavy atom. The third kappa shape index (κ3) is 2.25. The number of rotatable bonds is 1. The Morgan fingerprint density at radius 1 is 0.800 bits per heavy atom. The summed E-state index contributed by atoms with van der Waals surface area (Å²) in [5.74, 6) is 0. The van der Waals surface area contributed by atoms with Crippen LogP contribution in [0.3, 0.4) is 0 Å². The van der Waals surface area contributed by atoms with Gasteiger partial charge in [-0.05, 0) is 40.6 Å². The van der Waals surface area contributed by atoms with E-state index in [1.165, 1.54) is 0 Å². The molecule has 3 aromatic rings. The molecule has 20 heavy (non-hydrogen) atoms. The van der Waals surface area contributed by atoms with E-state index in [0.29, 0.717) is 15.6 Å². The number of hydrogen-bond acceptors (Lipinski definition) is 1. The molecule has 0 spiro atoms. The van der Waals surface area contributed by atoms with Gasteiger partial charge in [-0.3, -0.25) is 0 Å². The van der Waals surface area contributed by atoms with Gasteiger partial charge in [0.15, 0.2) is 0 Å². The first kappa shape index (κ1) is 13.0. The lowest BCUT2D eigenvalue weighted by molar-refractivity contribution is 1.49. The Balaban J connectivity index is 2.29. The molecule has 0 aliphatic heterocycles. The highest BCUT2D eigenvalue weighted by Crippen LogP contribution is 2.32. The molecule has 0 unspecified atom stereocenters. The molecule has 0 fully saturated rings. The first-order valence-electron chi connectivity index (χ1n) is 6.07. The minimum Gasteiger partial charge on any atom is -0.192 e. The van der Waals surface area contributed by atoms with Crippen LogP contribution in [0.15, 0.2) is 54.6 Å². The third-order valence-corrected chi connectivity index (χ3v) is 3.98. The predicted octanol–water partition coefficient (Wildman–Crippen LogP) is 5.69. The van der Waals surface area contributed by atoms with Crippen molar-refractivity contribution in [2.45, 2.75) is 0 Å². The molecule has 0 amide bonds. The molecular formula is C17H9Cl2N. The third-order valence-electron chi connectivity index (χ3n) is 3.24. The van der Waals surface area contributed by atoms with Crippen LogP contribution in [0.5, 0.6) is 0 Å². The van der Waals surface area contributed by atoms with E-state index in [-0.39, 0.29) is 0 Å². The van der Waals surface area contributed by atoms with Gasteiger partial charge in [0.25, 0.3) is 0 Å². The fraction of sp³-hybridized carbons (Fsp3) is 0.